The molecular formula is C18H24N6O3. The number of ether oxygens (including phenoxy) is 2. The number of hydrogen-bond acceptors (Lipinski definition) is 7. The highest BCUT2D eigenvalue weighted by Crippen LogP contribution is 2.45. The molecule has 9 nitrogen and oxygen atoms in total. The largest absolute Gasteiger partial charge is 0.476 e. The Bertz CT molecular complexity index is 772. The number of piperidine rings is 1. The highest BCUT2D eigenvalue weighted by Gasteiger charge is 2.44. The lowest BCUT2D eigenvalue weighted by Crippen LogP contribution is -2.51. The van der Waals surface area contributed by atoms with Crippen LogP contribution in [0.3, 0.4) is 0 Å². The van der Waals surface area contributed by atoms with E-state index in [4.69, 9.17) is 9.47 Å². The van der Waals surface area contributed by atoms with E-state index < -0.39 is 0 Å². The van der Waals surface area contributed by atoms with Gasteiger partial charge < -0.3 is 14.4 Å². The van der Waals surface area contributed by atoms with Gasteiger partial charge in [-0.15, -0.1) is 5.10 Å². The predicted octanol–water partition coefficient (Wildman–Crippen LogP) is 0.943. The molecule has 0 aromatic carbocycles. The summed E-state index contributed by atoms with van der Waals surface area (Å²) >= 11 is 0. The van der Waals surface area contributed by atoms with Crippen LogP contribution in [0.25, 0.3) is 0 Å². The molecule has 4 heterocycles. The van der Waals surface area contributed by atoms with Gasteiger partial charge in [0.25, 0.3) is 5.91 Å². The Balaban J connectivity index is 1.39. The standard InChI is InChI=1S/C18H24N6O3/c1-23-13-21-16(22-23)17(25)24-7-2-18(3-8-24)4-9-26-11-14(18)12-27-15-10-19-5-6-20-15/h5-6,10,13-14H,2-4,7-9,11-12H2,1H3/t14-/m0/s1. The van der Waals surface area contributed by atoms with Crippen LogP contribution < -0.4 is 4.74 Å². The molecule has 2 aliphatic rings. The molecular weight excluding hydrogens is 348 g/mol. The van der Waals surface area contributed by atoms with Crippen LogP contribution in [0, 0.1) is 11.3 Å². The fourth-order valence-electron chi connectivity index (χ4n) is 4.04. The number of aryl methyl sites for hydroxylation is 1. The monoisotopic (exact) mass is 372 g/mol. The molecule has 2 aromatic heterocycles. The van der Waals surface area contributed by atoms with Crippen molar-refractivity contribution in [2.75, 3.05) is 32.9 Å². The third-order valence-electron chi connectivity index (χ3n) is 5.74. The average Bonchev–Trinajstić information content (AvgIpc) is 3.15. The smallest absolute Gasteiger partial charge is 0.293 e. The van der Waals surface area contributed by atoms with Gasteiger partial charge in [-0.05, 0) is 24.7 Å². The summed E-state index contributed by atoms with van der Waals surface area (Å²) < 4.78 is 13.1. The number of aromatic nitrogens is 5. The number of likely N-dealkylation sites (tertiary alicyclic amines) is 1. The minimum absolute atomic E-state index is 0.0927. The van der Waals surface area contributed by atoms with E-state index in [1.165, 1.54) is 0 Å². The SMILES string of the molecule is Cn1cnc(C(=O)N2CCC3(CCOC[C@H]3COc3cnccn3)CC2)n1. The van der Waals surface area contributed by atoms with Gasteiger partial charge in [0.15, 0.2) is 0 Å². The molecule has 2 fully saturated rings. The van der Waals surface area contributed by atoms with Crippen LogP contribution in [0.4, 0.5) is 0 Å². The maximum absolute atomic E-state index is 12.6. The van der Waals surface area contributed by atoms with Crippen molar-refractivity contribution < 1.29 is 14.3 Å². The van der Waals surface area contributed by atoms with E-state index in [-0.39, 0.29) is 23.1 Å². The van der Waals surface area contributed by atoms with E-state index in [1.54, 1.807) is 36.6 Å². The van der Waals surface area contributed by atoms with Crippen LogP contribution >= 0.6 is 0 Å². The quantitative estimate of drug-likeness (QED) is 0.788. The Morgan fingerprint density at radius 1 is 1.30 bits per heavy atom. The number of nitrogens with zero attached hydrogens (tertiary/aromatic N) is 6. The molecule has 27 heavy (non-hydrogen) atoms. The van der Waals surface area contributed by atoms with Crippen LogP contribution in [0.1, 0.15) is 29.9 Å². The number of hydrogen-bond donors (Lipinski definition) is 0. The summed E-state index contributed by atoms with van der Waals surface area (Å²) in [5.74, 6) is 0.985. The molecule has 9 heteroatoms. The van der Waals surface area contributed by atoms with E-state index in [0.29, 0.717) is 32.2 Å². The number of amides is 1. The first-order valence-electron chi connectivity index (χ1n) is 9.28. The zero-order valence-corrected chi connectivity index (χ0v) is 15.5. The van der Waals surface area contributed by atoms with Crippen molar-refractivity contribution in [2.24, 2.45) is 18.4 Å². The first-order chi connectivity index (χ1) is 13.2. The second-order valence-electron chi connectivity index (χ2n) is 7.27. The topological polar surface area (TPSA) is 95.3 Å². The van der Waals surface area contributed by atoms with Gasteiger partial charge in [0.2, 0.25) is 11.7 Å². The predicted molar refractivity (Wildman–Crippen MR) is 95.0 cm³/mol. The molecule has 144 valence electrons. The minimum atomic E-state index is -0.0927. The van der Waals surface area contributed by atoms with Crippen molar-refractivity contribution in [3.8, 4) is 5.88 Å². The van der Waals surface area contributed by atoms with Crippen LogP contribution in [0.5, 0.6) is 5.88 Å². The van der Waals surface area contributed by atoms with Gasteiger partial charge in [-0.1, -0.05) is 0 Å². The molecule has 0 N–H and O–H groups in total. The summed E-state index contributed by atoms with van der Waals surface area (Å²) in [5, 5.41) is 4.13. The maximum atomic E-state index is 12.6. The molecule has 0 unspecified atom stereocenters. The zero-order chi connectivity index (χ0) is 18.7. The fraction of sp³-hybridized carbons (Fsp3) is 0.611. The lowest BCUT2D eigenvalue weighted by atomic mass is 9.66. The Morgan fingerprint density at radius 3 is 2.85 bits per heavy atom. The van der Waals surface area contributed by atoms with Crippen LogP contribution in [0.15, 0.2) is 24.9 Å². The van der Waals surface area contributed by atoms with Crippen LogP contribution in [-0.2, 0) is 11.8 Å². The van der Waals surface area contributed by atoms with Crippen LogP contribution in [0.2, 0.25) is 0 Å². The van der Waals surface area contributed by atoms with Crippen molar-refractivity contribution in [2.45, 2.75) is 19.3 Å². The molecule has 0 saturated carbocycles. The van der Waals surface area contributed by atoms with Crippen molar-refractivity contribution in [1.82, 2.24) is 29.6 Å². The Hall–Kier alpha value is -2.55. The second kappa shape index (κ2) is 7.59. The summed E-state index contributed by atoms with van der Waals surface area (Å²) in [6, 6.07) is 0. The molecule has 1 atom stereocenters. The van der Waals surface area contributed by atoms with E-state index in [9.17, 15) is 4.79 Å². The third kappa shape index (κ3) is 3.78. The van der Waals surface area contributed by atoms with Gasteiger partial charge in [-0.3, -0.25) is 14.5 Å². The van der Waals surface area contributed by atoms with Gasteiger partial charge in [0.05, 0.1) is 19.4 Å². The fourth-order valence-corrected chi connectivity index (χ4v) is 4.04. The maximum Gasteiger partial charge on any atom is 0.293 e. The molecule has 2 saturated heterocycles. The average molecular weight is 372 g/mol. The van der Waals surface area contributed by atoms with Crippen LogP contribution in [-0.4, -0.2) is 68.4 Å². The van der Waals surface area contributed by atoms with Gasteiger partial charge >= 0.3 is 0 Å². The van der Waals surface area contributed by atoms with E-state index in [0.717, 1.165) is 25.9 Å². The van der Waals surface area contributed by atoms with Crippen molar-refractivity contribution in [1.29, 1.82) is 0 Å². The lowest BCUT2D eigenvalue weighted by molar-refractivity contribution is -0.0826. The molecule has 1 spiro atoms. The van der Waals surface area contributed by atoms with Gasteiger partial charge in [0.1, 0.15) is 6.33 Å². The minimum Gasteiger partial charge on any atom is -0.476 e. The molecule has 0 bridgehead atoms. The number of carbonyl (C=O) groups excluding carboxylic acids is 1. The second-order valence-corrected chi connectivity index (χ2v) is 7.27. The Morgan fingerprint density at radius 2 is 2.15 bits per heavy atom. The van der Waals surface area contributed by atoms with E-state index >= 15 is 0 Å². The van der Waals surface area contributed by atoms with Crippen molar-refractivity contribution >= 4 is 5.91 Å². The summed E-state index contributed by atoms with van der Waals surface area (Å²) in [4.78, 5) is 26.7. The summed E-state index contributed by atoms with van der Waals surface area (Å²) in [6.07, 6.45) is 9.28. The molecule has 2 aromatic rings. The number of carbonyl (C=O) groups is 1. The van der Waals surface area contributed by atoms with Gasteiger partial charge in [0, 0.05) is 45.1 Å². The lowest BCUT2D eigenvalue weighted by Gasteiger charge is -2.48. The molecule has 0 radical (unpaired) electrons. The van der Waals surface area contributed by atoms with Crippen molar-refractivity contribution in [3.63, 3.8) is 0 Å². The molecule has 0 aliphatic carbocycles. The highest BCUT2D eigenvalue weighted by atomic mass is 16.5. The van der Waals surface area contributed by atoms with Gasteiger partial charge in [-0.25, -0.2) is 9.97 Å². The summed E-state index contributed by atoms with van der Waals surface area (Å²) in [5.41, 5.74) is 0.134. The Labute approximate surface area is 157 Å². The normalized spacial score (nSPS) is 22.0. The van der Waals surface area contributed by atoms with E-state index in [1.807, 2.05) is 4.90 Å². The number of rotatable bonds is 4. The Kier molecular flexibility index (Phi) is 5.02. The molecule has 2 aliphatic heterocycles. The summed E-state index contributed by atoms with van der Waals surface area (Å²) in [6.45, 7) is 3.40. The van der Waals surface area contributed by atoms with E-state index in [2.05, 4.69) is 20.1 Å². The highest BCUT2D eigenvalue weighted by molar-refractivity contribution is 5.90. The first kappa shape index (κ1) is 17.8. The third-order valence-corrected chi connectivity index (χ3v) is 5.74. The first-order valence-corrected chi connectivity index (χ1v) is 9.28. The molecule has 4 rings (SSSR count). The zero-order valence-electron chi connectivity index (χ0n) is 15.5. The molecule has 1 amide bonds. The van der Waals surface area contributed by atoms with Gasteiger partial charge in [-0.2, -0.15) is 0 Å². The summed E-state index contributed by atoms with van der Waals surface area (Å²) in [7, 11) is 1.76. The van der Waals surface area contributed by atoms with Crippen molar-refractivity contribution in [3.05, 3.63) is 30.7 Å².